The van der Waals surface area contributed by atoms with E-state index in [1.54, 1.807) is 18.2 Å². The van der Waals surface area contributed by atoms with Crippen molar-refractivity contribution >= 4 is 34.2 Å². The molecule has 1 heterocycles. The van der Waals surface area contributed by atoms with Gasteiger partial charge in [-0.1, -0.05) is 42.5 Å². The Labute approximate surface area is 193 Å². The Hall–Kier alpha value is -3.71. The molecule has 0 saturated carbocycles. The first-order valence-electron chi connectivity index (χ1n) is 10.9. The molecule has 0 saturated heterocycles. The topological polar surface area (TPSA) is 104 Å². The second kappa shape index (κ2) is 10.7. The van der Waals surface area contributed by atoms with Crippen molar-refractivity contribution in [3.8, 4) is 0 Å². The second-order valence-electron chi connectivity index (χ2n) is 8.27. The summed E-state index contributed by atoms with van der Waals surface area (Å²) < 4.78 is 0. The molecular formula is C26H29N3O4. The number of nitrogens with zero attached hydrogens (tertiary/aromatic N) is 2. The molecule has 2 amide bonds. The van der Waals surface area contributed by atoms with Crippen LogP contribution in [0.15, 0.2) is 60.7 Å². The minimum atomic E-state index is -0.717. The number of carbonyl (C=O) groups excluding carboxylic acids is 2. The van der Waals surface area contributed by atoms with Crippen LogP contribution in [0.25, 0.3) is 10.8 Å². The Balaban J connectivity index is 0.000000218. The number of hydrogen-bond donors (Lipinski definition) is 2. The number of rotatable bonds is 7. The maximum Gasteiger partial charge on any atom is 0.303 e. The van der Waals surface area contributed by atoms with Gasteiger partial charge in [-0.05, 0) is 56.1 Å². The molecule has 4 rings (SSSR count). The largest absolute Gasteiger partial charge is 0.481 e. The Bertz CT molecular complexity index is 1160. The van der Waals surface area contributed by atoms with Gasteiger partial charge in [0.25, 0.3) is 11.8 Å². The quantitative estimate of drug-likeness (QED) is 0.423. The van der Waals surface area contributed by atoms with Crippen LogP contribution in [0.5, 0.6) is 0 Å². The first-order chi connectivity index (χ1) is 15.8. The molecule has 0 radical (unpaired) electrons. The lowest BCUT2D eigenvalue weighted by Crippen LogP contribution is -2.43. The number of aryl methyl sites for hydroxylation is 1. The molecule has 1 aliphatic heterocycles. The van der Waals surface area contributed by atoms with Crippen LogP contribution in [-0.2, 0) is 11.2 Å². The molecule has 3 N–H and O–H groups in total. The molecule has 3 aromatic carbocycles. The molecule has 33 heavy (non-hydrogen) atoms. The highest BCUT2D eigenvalue weighted by Gasteiger charge is 2.32. The zero-order valence-electron chi connectivity index (χ0n) is 19.0. The molecule has 7 heteroatoms. The number of anilines is 1. The highest BCUT2D eigenvalue weighted by atomic mass is 16.4. The van der Waals surface area contributed by atoms with Crippen molar-refractivity contribution < 1.29 is 19.5 Å². The van der Waals surface area contributed by atoms with Gasteiger partial charge in [0.2, 0.25) is 0 Å². The lowest BCUT2D eigenvalue weighted by Gasteiger charge is -2.28. The van der Waals surface area contributed by atoms with Crippen LogP contribution < -0.4 is 5.73 Å². The summed E-state index contributed by atoms with van der Waals surface area (Å²) in [6.07, 6.45) is 1.83. The number of imide groups is 1. The number of carboxylic acids is 1. The molecule has 0 aromatic heterocycles. The van der Waals surface area contributed by atoms with Crippen LogP contribution in [0.3, 0.4) is 0 Å². The smallest absolute Gasteiger partial charge is 0.303 e. The third kappa shape index (κ3) is 5.96. The van der Waals surface area contributed by atoms with E-state index < -0.39 is 5.97 Å². The van der Waals surface area contributed by atoms with Gasteiger partial charge in [0.1, 0.15) is 0 Å². The summed E-state index contributed by atoms with van der Waals surface area (Å²) >= 11 is 0. The second-order valence-corrected chi connectivity index (χ2v) is 8.27. The van der Waals surface area contributed by atoms with Crippen molar-refractivity contribution in [3.05, 3.63) is 77.4 Å². The lowest BCUT2D eigenvalue weighted by molar-refractivity contribution is -0.137. The van der Waals surface area contributed by atoms with Crippen molar-refractivity contribution in [2.75, 3.05) is 32.9 Å². The van der Waals surface area contributed by atoms with Crippen LogP contribution in [0.1, 0.15) is 39.1 Å². The third-order valence-corrected chi connectivity index (χ3v) is 5.42. The van der Waals surface area contributed by atoms with Crippen LogP contribution in [-0.4, -0.2) is 59.9 Å². The molecular weight excluding hydrogens is 418 g/mol. The molecule has 172 valence electrons. The molecule has 7 nitrogen and oxygen atoms in total. The molecule has 0 spiro atoms. The van der Waals surface area contributed by atoms with E-state index in [1.165, 1.54) is 10.5 Å². The molecule has 3 aromatic rings. The summed E-state index contributed by atoms with van der Waals surface area (Å²) in [4.78, 5) is 38.6. The van der Waals surface area contributed by atoms with Crippen LogP contribution >= 0.6 is 0 Å². The number of aliphatic carboxylic acids is 1. The minimum absolute atomic E-state index is 0.232. The number of carboxylic acid groups (broad SMARTS) is 1. The van der Waals surface area contributed by atoms with Gasteiger partial charge in [-0.2, -0.15) is 0 Å². The Morgan fingerprint density at radius 2 is 1.67 bits per heavy atom. The molecule has 0 bridgehead atoms. The summed E-state index contributed by atoms with van der Waals surface area (Å²) in [7, 11) is 3.82. The highest BCUT2D eigenvalue weighted by Crippen LogP contribution is 2.31. The van der Waals surface area contributed by atoms with Crippen molar-refractivity contribution in [2.45, 2.75) is 19.3 Å². The van der Waals surface area contributed by atoms with Gasteiger partial charge in [0, 0.05) is 36.1 Å². The van der Waals surface area contributed by atoms with E-state index in [4.69, 9.17) is 10.8 Å². The number of amides is 2. The standard InChI is InChI=1S/C16H17N3O2.C10H12O2/c1-18(2)6-7-19-15(20)12-5-3-4-10-8-11(17)9-13(14(10)12)16(19)21;11-10(12)8-4-7-9-5-2-1-3-6-9/h3-5,8-9H,6-7,17H2,1-2H3;1-3,5-6H,4,7-8H2,(H,11,12). The van der Waals surface area contributed by atoms with E-state index in [2.05, 4.69) is 0 Å². The van der Waals surface area contributed by atoms with Crippen LogP contribution in [0, 0.1) is 0 Å². The molecule has 0 fully saturated rings. The first-order valence-corrected chi connectivity index (χ1v) is 10.9. The van der Waals surface area contributed by atoms with Crippen molar-refractivity contribution in [2.24, 2.45) is 0 Å². The maximum atomic E-state index is 12.6. The predicted octanol–water partition coefficient (Wildman–Crippen LogP) is 3.67. The maximum absolute atomic E-state index is 12.6. The van der Waals surface area contributed by atoms with E-state index >= 15 is 0 Å². The van der Waals surface area contributed by atoms with E-state index in [-0.39, 0.29) is 18.2 Å². The van der Waals surface area contributed by atoms with Crippen molar-refractivity contribution in [3.63, 3.8) is 0 Å². The fourth-order valence-electron chi connectivity index (χ4n) is 3.77. The predicted molar refractivity (Wildman–Crippen MR) is 129 cm³/mol. The van der Waals surface area contributed by atoms with E-state index in [9.17, 15) is 14.4 Å². The molecule has 1 aliphatic rings. The van der Waals surface area contributed by atoms with Gasteiger partial charge in [-0.15, -0.1) is 0 Å². The number of benzene rings is 3. The zero-order valence-corrected chi connectivity index (χ0v) is 19.0. The monoisotopic (exact) mass is 447 g/mol. The average molecular weight is 448 g/mol. The number of likely N-dealkylation sites (N-methyl/N-ethyl adjacent to an activating group) is 1. The number of carbonyl (C=O) groups is 3. The van der Waals surface area contributed by atoms with Crippen LogP contribution in [0.4, 0.5) is 5.69 Å². The van der Waals surface area contributed by atoms with E-state index in [0.29, 0.717) is 35.3 Å². The summed E-state index contributed by atoms with van der Waals surface area (Å²) in [6, 6.07) is 18.8. The molecule has 0 atom stereocenters. The van der Waals surface area contributed by atoms with Crippen molar-refractivity contribution in [1.82, 2.24) is 9.80 Å². The lowest BCUT2D eigenvalue weighted by atomic mass is 9.93. The summed E-state index contributed by atoms with van der Waals surface area (Å²) in [6.45, 7) is 1.00. The summed E-state index contributed by atoms with van der Waals surface area (Å²) in [5, 5.41) is 9.93. The van der Waals surface area contributed by atoms with Gasteiger partial charge < -0.3 is 15.7 Å². The van der Waals surface area contributed by atoms with Crippen molar-refractivity contribution in [1.29, 1.82) is 0 Å². The summed E-state index contributed by atoms with van der Waals surface area (Å²) in [5.74, 6) is -1.21. The van der Waals surface area contributed by atoms with Gasteiger partial charge in [0.05, 0.1) is 5.56 Å². The zero-order chi connectivity index (χ0) is 24.0. The number of hydrogen-bond acceptors (Lipinski definition) is 5. The molecule has 0 unspecified atom stereocenters. The minimum Gasteiger partial charge on any atom is -0.481 e. The Kier molecular flexibility index (Phi) is 7.79. The molecule has 0 aliphatic carbocycles. The number of nitrogens with two attached hydrogens (primary N) is 1. The number of nitrogen functional groups attached to an aromatic ring is 1. The normalized spacial score (nSPS) is 12.6. The van der Waals surface area contributed by atoms with Gasteiger partial charge in [-0.3, -0.25) is 19.3 Å². The summed E-state index contributed by atoms with van der Waals surface area (Å²) in [5.41, 5.74) is 8.70. The average Bonchev–Trinajstić information content (AvgIpc) is 2.78. The van der Waals surface area contributed by atoms with Crippen LogP contribution in [0.2, 0.25) is 0 Å². The van der Waals surface area contributed by atoms with E-state index in [0.717, 1.165) is 18.2 Å². The van der Waals surface area contributed by atoms with E-state index in [1.807, 2.05) is 61.5 Å². The third-order valence-electron chi connectivity index (χ3n) is 5.42. The Morgan fingerprint density at radius 1 is 0.970 bits per heavy atom. The van der Waals surface area contributed by atoms with Gasteiger partial charge in [0.15, 0.2) is 0 Å². The SMILES string of the molecule is CN(C)CCN1C(=O)c2cccc3cc(N)cc(c23)C1=O.O=C(O)CCCc1ccccc1. The highest BCUT2D eigenvalue weighted by molar-refractivity contribution is 6.25. The first kappa shape index (κ1) is 23.9. The van der Waals surface area contributed by atoms with Gasteiger partial charge >= 0.3 is 5.97 Å². The van der Waals surface area contributed by atoms with Gasteiger partial charge in [-0.25, -0.2) is 0 Å². The Morgan fingerprint density at radius 3 is 2.33 bits per heavy atom. The fraction of sp³-hybridized carbons (Fsp3) is 0.269. The fourth-order valence-corrected chi connectivity index (χ4v) is 3.77.